The summed E-state index contributed by atoms with van der Waals surface area (Å²) in [5.41, 5.74) is 1.09. The minimum atomic E-state index is -1.62. The van der Waals surface area contributed by atoms with Crippen LogP contribution in [0.5, 0.6) is 0 Å². The zero-order valence-corrected chi connectivity index (χ0v) is 7.59. The van der Waals surface area contributed by atoms with Crippen LogP contribution in [0, 0.1) is 0 Å². The topological polar surface area (TPSA) is 0 Å². The van der Waals surface area contributed by atoms with E-state index in [4.69, 9.17) is 5.48 Å². The SMILES string of the molecule is [2H]C1([2H])CC(c2ccccc2)CC([2H])([2H])C1=C. The van der Waals surface area contributed by atoms with Crippen LogP contribution < -0.4 is 0 Å². The van der Waals surface area contributed by atoms with Crippen molar-refractivity contribution in [1.82, 2.24) is 0 Å². The Morgan fingerprint density at radius 1 is 1.15 bits per heavy atom. The molecule has 0 radical (unpaired) electrons. The van der Waals surface area contributed by atoms with E-state index in [1.807, 2.05) is 30.3 Å². The van der Waals surface area contributed by atoms with Gasteiger partial charge >= 0.3 is 0 Å². The van der Waals surface area contributed by atoms with Gasteiger partial charge in [0.05, 0.1) is 0 Å². The summed E-state index contributed by atoms with van der Waals surface area (Å²) in [6, 6.07) is 9.60. The van der Waals surface area contributed by atoms with E-state index < -0.39 is 12.7 Å². The second-order valence-corrected chi connectivity index (χ2v) is 3.35. The van der Waals surface area contributed by atoms with Crippen LogP contribution in [0.15, 0.2) is 42.5 Å². The monoisotopic (exact) mass is 176 g/mol. The first-order valence-corrected chi connectivity index (χ1v) is 4.58. The molecule has 1 aliphatic carbocycles. The lowest BCUT2D eigenvalue weighted by molar-refractivity contribution is 0.518. The zero-order chi connectivity index (χ0) is 12.7. The Labute approximate surface area is 85.9 Å². The molecule has 0 aliphatic heterocycles. The van der Waals surface area contributed by atoms with Crippen molar-refractivity contribution in [3.8, 4) is 0 Å². The summed E-state index contributed by atoms with van der Waals surface area (Å²) in [6.07, 6.45) is -2.62. The van der Waals surface area contributed by atoms with E-state index in [9.17, 15) is 0 Å². The standard InChI is InChI=1S/C13H16/c1-11-7-9-13(10-8-11)12-5-3-2-4-6-12/h2-6,13H,1,7-10H2/i7D2,8D2. The first-order chi connectivity index (χ1) is 7.83. The highest BCUT2D eigenvalue weighted by molar-refractivity contribution is 5.21. The van der Waals surface area contributed by atoms with E-state index in [2.05, 4.69) is 6.58 Å². The Morgan fingerprint density at radius 2 is 1.77 bits per heavy atom. The average molecular weight is 176 g/mol. The van der Waals surface area contributed by atoms with Gasteiger partial charge in [-0.2, -0.15) is 0 Å². The van der Waals surface area contributed by atoms with E-state index in [1.54, 1.807) is 0 Å². The molecular formula is C13H16. The first kappa shape index (κ1) is 4.99. The van der Waals surface area contributed by atoms with Crippen LogP contribution in [0.1, 0.15) is 42.6 Å². The highest BCUT2D eigenvalue weighted by Crippen LogP contribution is 2.34. The molecule has 0 aromatic heterocycles. The predicted octanol–water partition coefficient (Wildman–Crippen LogP) is 3.90. The van der Waals surface area contributed by atoms with Gasteiger partial charge in [-0.15, -0.1) is 0 Å². The molecule has 0 amide bonds. The number of hydrogen-bond acceptors (Lipinski definition) is 0. The van der Waals surface area contributed by atoms with Gasteiger partial charge in [-0.25, -0.2) is 0 Å². The lowest BCUT2D eigenvalue weighted by Crippen LogP contribution is -2.05. The summed E-state index contributed by atoms with van der Waals surface area (Å²) in [6.45, 7) is 3.60. The lowest BCUT2D eigenvalue weighted by atomic mass is 9.82. The maximum Gasteiger partial charge on any atom is 0.0313 e. The molecule has 0 N–H and O–H groups in total. The van der Waals surface area contributed by atoms with Crippen molar-refractivity contribution in [2.45, 2.75) is 31.5 Å². The molecular weight excluding hydrogens is 156 g/mol. The van der Waals surface area contributed by atoms with Crippen LogP contribution in [-0.2, 0) is 0 Å². The van der Waals surface area contributed by atoms with Crippen molar-refractivity contribution >= 4 is 0 Å². The summed E-state index contributed by atoms with van der Waals surface area (Å²) in [4.78, 5) is 0. The summed E-state index contributed by atoms with van der Waals surface area (Å²) in [5.74, 6) is -0.0771. The van der Waals surface area contributed by atoms with Gasteiger partial charge in [0.25, 0.3) is 0 Å². The van der Waals surface area contributed by atoms with Gasteiger partial charge in [0, 0.05) is 5.48 Å². The normalized spacial score (nSPS) is 31.2. The first-order valence-electron chi connectivity index (χ1n) is 6.58. The molecule has 1 aromatic carbocycles. The molecule has 0 heterocycles. The largest absolute Gasteiger partial charge is 0.0999 e. The fraction of sp³-hybridized carbons (Fsp3) is 0.385. The van der Waals surface area contributed by atoms with Crippen LogP contribution in [-0.4, -0.2) is 0 Å². The van der Waals surface area contributed by atoms with E-state index in [-0.39, 0.29) is 11.5 Å². The van der Waals surface area contributed by atoms with Crippen molar-refractivity contribution in [2.75, 3.05) is 0 Å². The molecule has 1 fully saturated rings. The molecule has 13 heavy (non-hydrogen) atoms. The Morgan fingerprint density at radius 3 is 2.38 bits per heavy atom. The maximum atomic E-state index is 7.89. The van der Waals surface area contributed by atoms with Crippen LogP contribution in [0.2, 0.25) is 0 Å². The van der Waals surface area contributed by atoms with Crippen LogP contribution in [0.3, 0.4) is 0 Å². The molecule has 0 saturated heterocycles. The molecule has 2 rings (SSSR count). The molecule has 0 atom stereocenters. The van der Waals surface area contributed by atoms with Gasteiger partial charge in [-0.3, -0.25) is 0 Å². The van der Waals surface area contributed by atoms with Crippen molar-refractivity contribution in [3.63, 3.8) is 0 Å². The number of allylic oxidation sites excluding steroid dienone is 1. The van der Waals surface area contributed by atoms with E-state index in [0.29, 0.717) is 12.8 Å². The lowest BCUT2D eigenvalue weighted by Gasteiger charge is -2.23. The summed E-state index contributed by atoms with van der Waals surface area (Å²) < 4.78 is 31.6. The summed E-state index contributed by atoms with van der Waals surface area (Å²) in [7, 11) is 0. The summed E-state index contributed by atoms with van der Waals surface area (Å²) >= 11 is 0. The molecule has 1 saturated carbocycles. The van der Waals surface area contributed by atoms with Crippen LogP contribution in [0.25, 0.3) is 0 Å². The van der Waals surface area contributed by atoms with Crippen molar-refractivity contribution < 1.29 is 5.48 Å². The third-order valence-corrected chi connectivity index (χ3v) is 2.39. The average Bonchev–Trinajstić information content (AvgIpc) is 2.26. The minimum Gasteiger partial charge on any atom is -0.0999 e. The second-order valence-electron chi connectivity index (χ2n) is 3.35. The molecule has 0 unspecified atom stereocenters. The second kappa shape index (κ2) is 3.78. The van der Waals surface area contributed by atoms with Crippen LogP contribution >= 0.6 is 0 Å². The fourth-order valence-corrected chi connectivity index (χ4v) is 1.59. The van der Waals surface area contributed by atoms with Gasteiger partial charge in [-0.05, 0) is 37.1 Å². The number of hydrogen-bond donors (Lipinski definition) is 0. The van der Waals surface area contributed by atoms with Crippen molar-refractivity contribution in [1.29, 1.82) is 0 Å². The van der Waals surface area contributed by atoms with Crippen LogP contribution in [0.4, 0.5) is 0 Å². The third-order valence-electron chi connectivity index (χ3n) is 2.39. The third kappa shape index (κ3) is 2.00. The zero-order valence-electron chi connectivity index (χ0n) is 11.6. The smallest absolute Gasteiger partial charge is 0.0313 e. The van der Waals surface area contributed by atoms with E-state index in [0.717, 1.165) is 5.56 Å². The minimum absolute atomic E-state index is 0.0771. The fourth-order valence-electron chi connectivity index (χ4n) is 1.59. The Kier molecular flexibility index (Phi) is 1.45. The molecule has 0 heteroatoms. The van der Waals surface area contributed by atoms with Crippen molar-refractivity contribution in [2.24, 2.45) is 0 Å². The van der Waals surface area contributed by atoms with Gasteiger partial charge in [-0.1, -0.05) is 42.5 Å². The Bertz CT molecular complexity index is 402. The predicted molar refractivity (Wildman–Crippen MR) is 56.8 cm³/mol. The maximum absolute atomic E-state index is 7.89. The Hall–Kier alpha value is -1.04. The number of rotatable bonds is 1. The molecule has 1 aliphatic rings. The quantitative estimate of drug-likeness (QED) is 0.569. The van der Waals surface area contributed by atoms with Gasteiger partial charge in [0.1, 0.15) is 0 Å². The highest BCUT2D eigenvalue weighted by atomic mass is 14.2. The van der Waals surface area contributed by atoms with Crippen molar-refractivity contribution in [3.05, 3.63) is 48.0 Å². The molecule has 0 bridgehead atoms. The molecule has 1 aromatic rings. The van der Waals surface area contributed by atoms with E-state index >= 15 is 0 Å². The summed E-state index contributed by atoms with van der Waals surface area (Å²) in [5, 5.41) is 0. The molecule has 0 spiro atoms. The van der Waals surface area contributed by atoms with Gasteiger partial charge in [0.2, 0.25) is 0 Å². The molecule has 0 nitrogen and oxygen atoms in total. The van der Waals surface area contributed by atoms with E-state index in [1.165, 1.54) is 0 Å². The Balaban J connectivity index is 2.31. The molecule has 68 valence electrons. The van der Waals surface area contributed by atoms with Gasteiger partial charge < -0.3 is 0 Å². The van der Waals surface area contributed by atoms with Gasteiger partial charge in [0.15, 0.2) is 0 Å². The highest BCUT2D eigenvalue weighted by Gasteiger charge is 2.16. The number of benzene rings is 1.